The van der Waals surface area contributed by atoms with Gasteiger partial charge in [-0.25, -0.2) is 14.6 Å². The summed E-state index contributed by atoms with van der Waals surface area (Å²) in [7, 11) is -4.23. The lowest BCUT2D eigenvalue weighted by molar-refractivity contribution is -0.0641. The number of morpholine rings is 2. The summed E-state index contributed by atoms with van der Waals surface area (Å²) in [5.41, 5.74) is 0.396. The van der Waals surface area contributed by atoms with Gasteiger partial charge in [-0.1, -0.05) is 12.8 Å². The summed E-state index contributed by atoms with van der Waals surface area (Å²) < 4.78 is 58.1. The van der Waals surface area contributed by atoms with Crippen molar-refractivity contribution in [3.8, 4) is 0 Å². The van der Waals surface area contributed by atoms with E-state index in [0.717, 1.165) is 25.7 Å². The van der Waals surface area contributed by atoms with Gasteiger partial charge in [0.1, 0.15) is 36.1 Å². The number of rotatable bonds is 13. The molecule has 2 aromatic heterocycles. The van der Waals surface area contributed by atoms with E-state index in [0.29, 0.717) is 69.5 Å². The van der Waals surface area contributed by atoms with Gasteiger partial charge in [0.15, 0.2) is 6.23 Å². The lowest BCUT2D eigenvalue weighted by Crippen LogP contribution is -2.41. The number of aromatic nitrogens is 3. The lowest BCUT2D eigenvalue weighted by Gasteiger charge is -2.27. The number of aliphatic hydroxyl groups is 2. The average Bonchev–Trinajstić information content (AvgIpc) is 3.86. The molecule has 0 aromatic carbocycles. The summed E-state index contributed by atoms with van der Waals surface area (Å²) >= 11 is 6.27. The van der Waals surface area contributed by atoms with Crippen LogP contribution in [0.5, 0.6) is 0 Å². The minimum atomic E-state index is -4.23. The average molecular weight is 749 g/mol. The number of hydrogen-bond acceptors (Lipinski definition) is 16. The fraction of sp³-hybridized carbons (Fsp3) is 0.724. The van der Waals surface area contributed by atoms with E-state index in [2.05, 4.69) is 15.3 Å². The highest BCUT2D eigenvalue weighted by atomic mass is 35.5. The van der Waals surface area contributed by atoms with Crippen molar-refractivity contribution in [2.45, 2.75) is 56.3 Å². The number of carbonyl (C=O) groups is 2. The van der Waals surface area contributed by atoms with Crippen LogP contribution < -0.4 is 5.32 Å². The quantitative estimate of drug-likeness (QED) is 0.152. The van der Waals surface area contributed by atoms with E-state index in [4.69, 9.17) is 49.1 Å². The molecule has 4 fully saturated rings. The molecule has 1 aliphatic carbocycles. The van der Waals surface area contributed by atoms with E-state index >= 15 is 0 Å². The Morgan fingerprint density at radius 3 is 2.14 bits per heavy atom. The molecular formula is C29H42ClN6O13P. The molecule has 3 saturated heterocycles. The molecule has 0 radical (unpaired) electrons. The van der Waals surface area contributed by atoms with Crippen LogP contribution in [0.1, 0.15) is 31.9 Å². The third-order valence-corrected chi connectivity index (χ3v) is 10.5. The van der Waals surface area contributed by atoms with E-state index in [1.54, 1.807) is 16.8 Å². The summed E-state index contributed by atoms with van der Waals surface area (Å²) in [4.78, 5) is 36.3. The monoisotopic (exact) mass is 748 g/mol. The summed E-state index contributed by atoms with van der Waals surface area (Å²) in [5.74, 6) is 0.570. The Hall–Kier alpha value is -2.84. The SMILES string of the molecule is O=C(OCOP(=O)(COC[C@H]1O[C@@H](n2ccc3c(NC4CCCC4)nc(Cl)nc32)[C@H](O)[C@@H]1O)OCOC(=O)N1CCOCC1)N1CCOCC1. The number of halogens is 1. The number of carbonyl (C=O) groups excluding carboxylic acids is 2. The van der Waals surface area contributed by atoms with Gasteiger partial charge in [-0.3, -0.25) is 13.6 Å². The van der Waals surface area contributed by atoms with Gasteiger partial charge in [-0.05, 0) is 30.5 Å². The van der Waals surface area contributed by atoms with Crippen molar-refractivity contribution < 1.29 is 61.8 Å². The third-order valence-electron chi connectivity index (χ3n) is 8.79. The van der Waals surface area contributed by atoms with Crippen LogP contribution in [0.4, 0.5) is 15.4 Å². The Morgan fingerprint density at radius 1 is 0.940 bits per heavy atom. The Balaban J connectivity index is 1.06. The molecule has 278 valence electrons. The van der Waals surface area contributed by atoms with E-state index in [1.807, 2.05) is 0 Å². The normalized spacial score (nSPS) is 24.9. The first-order chi connectivity index (χ1) is 24.2. The molecule has 1 saturated carbocycles. The van der Waals surface area contributed by atoms with Crippen LogP contribution in [0.25, 0.3) is 11.0 Å². The maximum absolute atomic E-state index is 13.6. The van der Waals surface area contributed by atoms with Crippen LogP contribution in [0.2, 0.25) is 5.28 Å². The number of nitrogens with one attached hydrogen (secondary N) is 1. The Kier molecular flexibility index (Phi) is 12.6. The van der Waals surface area contributed by atoms with Gasteiger partial charge >= 0.3 is 19.8 Å². The standard InChI is InChI=1S/C29H42ClN6O13P/c30-27-32-24(31-19-3-1-2-4-19)20-5-6-36(25(20)33-27)26-23(38)22(37)21(49-26)15-44-18-50(41,47-16-45-28(39)34-7-11-42-12-8-34)48-17-46-29(40)35-9-13-43-14-10-35/h5-6,19,21-23,26,37-38H,1-4,7-18H2,(H,31,32,33)/t21-,22-,23-,26-/m1/s1. The van der Waals surface area contributed by atoms with E-state index in [1.165, 1.54) is 9.80 Å². The summed E-state index contributed by atoms with van der Waals surface area (Å²) in [6.07, 6.45) is -1.09. The molecule has 5 heterocycles. The van der Waals surface area contributed by atoms with Gasteiger partial charge in [0.05, 0.1) is 38.4 Å². The van der Waals surface area contributed by atoms with Crippen molar-refractivity contribution in [1.82, 2.24) is 24.3 Å². The van der Waals surface area contributed by atoms with Gasteiger partial charge in [0.2, 0.25) is 18.9 Å². The van der Waals surface area contributed by atoms with Crippen molar-refractivity contribution in [2.24, 2.45) is 0 Å². The topological polar surface area (TPSA) is 215 Å². The van der Waals surface area contributed by atoms with Crippen molar-refractivity contribution in [3.05, 3.63) is 17.5 Å². The van der Waals surface area contributed by atoms with Gasteiger partial charge in [-0.2, -0.15) is 4.98 Å². The molecule has 50 heavy (non-hydrogen) atoms. The largest absolute Gasteiger partial charge is 0.422 e. The first kappa shape index (κ1) is 36.9. The molecule has 0 unspecified atom stereocenters. The van der Waals surface area contributed by atoms with Crippen molar-refractivity contribution in [3.63, 3.8) is 0 Å². The molecule has 21 heteroatoms. The van der Waals surface area contributed by atoms with Gasteiger partial charge in [0, 0.05) is 38.4 Å². The number of fused-ring (bicyclic) bond motifs is 1. The van der Waals surface area contributed by atoms with Crippen LogP contribution in [-0.4, -0.2) is 150 Å². The lowest BCUT2D eigenvalue weighted by atomic mass is 10.1. The Morgan fingerprint density at radius 2 is 1.54 bits per heavy atom. The number of nitrogens with zero attached hydrogens (tertiary/aromatic N) is 5. The number of hydrogen-bond donors (Lipinski definition) is 3. The number of aliphatic hydroxyl groups excluding tert-OH is 2. The van der Waals surface area contributed by atoms with Crippen molar-refractivity contribution >= 4 is 48.2 Å². The van der Waals surface area contributed by atoms with Crippen LogP contribution in [0, 0.1) is 0 Å². The second kappa shape index (κ2) is 17.1. The molecule has 3 aliphatic heterocycles. The van der Waals surface area contributed by atoms with Crippen molar-refractivity contribution in [1.29, 1.82) is 0 Å². The number of amides is 2. The maximum Gasteiger partial charge on any atom is 0.412 e. The zero-order valence-corrected chi connectivity index (χ0v) is 29.0. The predicted molar refractivity (Wildman–Crippen MR) is 172 cm³/mol. The van der Waals surface area contributed by atoms with Crippen LogP contribution in [0.15, 0.2) is 12.3 Å². The summed E-state index contributed by atoms with van der Waals surface area (Å²) in [6, 6.07) is 2.04. The van der Waals surface area contributed by atoms with Crippen molar-refractivity contribution in [2.75, 3.05) is 84.5 Å². The molecule has 3 N–H and O–H groups in total. The minimum Gasteiger partial charge on any atom is -0.422 e. The number of ether oxygens (including phenoxy) is 6. The molecular weight excluding hydrogens is 707 g/mol. The van der Waals surface area contributed by atoms with E-state index < -0.39 is 64.3 Å². The second-order valence-electron chi connectivity index (χ2n) is 12.1. The van der Waals surface area contributed by atoms with Crippen LogP contribution in [0.3, 0.4) is 0 Å². The molecule has 0 bridgehead atoms. The first-order valence-corrected chi connectivity index (χ1v) is 18.6. The summed E-state index contributed by atoms with van der Waals surface area (Å²) in [5, 5.41) is 25.9. The fourth-order valence-electron chi connectivity index (χ4n) is 6.06. The van der Waals surface area contributed by atoms with Gasteiger partial charge in [0.25, 0.3) is 0 Å². The molecule has 4 aliphatic rings. The third kappa shape index (κ3) is 9.14. The molecule has 4 atom stereocenters. The Bertz CT molecular complexity index is 1460. The molecule has 2 aromatic rings. The highest BCUT2D eigenvalue weighted by molar-refractivity contribution is 7.53. The zero-order valence-electron chi connectivity index (χ0n) is 27.3. The Labute approximate surface area is 292 Å². The number of anilines is 1. The predicted octanol–water partition coefficient (Wildman–Crippen LogP) is 2.11. The van der Waals surface area contributed by atoms with Gasteiger partial charge in [-0.15, -0.1) is 0 Å². The first-order valence-electron chi connectivity index (χ1n) is 16.5. The smallest absolute Gasteiger partial charge is 0.412 e. The highest BCUT2D eigenvalue weighted by Gasteiger charge is 2.45. The van der Waals surface area contributed by atoms with E-state index in [9.17, 15) is 24.4 Å². The molecule has 6 rings (SSSR count). The molecule has 0 spiro atoms. The molecule has 19 nitrogen and oxygen atoms in total. The maximum atomic E-state index is 13.6. The highest BCUT2D eigenvalue weighted by Crippen LogP contribution is 2.48. The van der Waals surface area contributed by atoms with Crippen LogP contribution in [-0.2, 0) is 42.0 Å². The summed E-state index contributed by atoms with van der Waals surface area (Å²) in [6.45, 7) is 0.843. The fourth-order valence-corrected chi connectivity index (χ4v) is 7.21. The zero-order chi connectivity index (χ0) is 35.1. The van der Waals surface area contributed by atoms with Gasteiger partial charge < -0.3 is 58.3 Å². The minimum absolute atomic E-state index is 0.00728. The molecule has 2 amide bonds. The van der Waals surface area contributed by atoms with Crippen LogP contribution >= 0.6 is 19.2 Å². The second-order valence-corrected chi connectivity index (χ2v) is 14.4. The van der Waals surface area contributed by atoms with E-state index in [-0.39, 0.29) is 17.9 Å².